The van der Waals surface area contributed by atoms with E-state index in [1.807, 2.05) is 6.92 Å². The lowest BCUT2D eigenvalue weighted by Crippen LogP contribution is -2.29. The molecule has 90 valence electrons. The molecule has 0 spiro atoms. The number of hydrogen-bond donors (Lipinski definition) is 1. The Hall–Kier alpha value is -0.940. The van der Waals surface area contributed by atoms with Crippen LogP contribution in [-0.2, 0) is 4.74 Å². The molecule has 6 heteroatoms. The van der Waals surface area contributed by atoms with Gasteiger partial charge < -0.3 is 10.1 Å². The normalized spacial score (nSPS) is 11.2. The van der Waals surface area contributed by atoms with Gasteiger partial charge in [-0.2, -0.15) is 13.2 Å². The number of alkyl carbamates (subject to hydrolysis) is 1. The Morgan fingerprint density at radius 3 is 2.47 bits per heavy atom. The third-order valence-electron chi connectivity index (χ3n) is 1.67. The van der Waals surface area contributed by atoms with Crippen LogP contribution in [-0.4, -0.2) is 25.4 Å². The van der Waals surface area contributed by atoms with Crippen LogP contribution in [0.3, 0.4) is 0 Å². The van der Waals surface area contributed by atoms with Gasteiger partial charge in [-0.1, -0.05) is 26.2 Å². The van der Waals surface area contributed by atoms with Crippen molar-refractivity contribution in [2.75, 3.05) is 13.2 Å². The van der Waals surface area contributed by atoms with Crippen molar-refractivity contribution in [3.63, 3.8) is 0 Å². The van der Waals surface area contributed by atoms with Gasteiger partial charge in [0, 0.05) is 6.54 Å². The first-order chi connectivity index (χ1) is 6.95. The van der Waals surface area contributed by atoms with Crippen LogP contribution in [0, 0.1) is 0 Å². The Labute approximate surface area is 87.0 Å². The van der Waals surface area contributed by atoms with Gasteiger partial charge in [0.25, 0.3) is 0 Å². The number of ether oxygens (including phenoxy) is 1. The Morgan fingerprint density at radius 1 is 1.27 bits per heavy atom. The number of hydrogen-bond acceptors (Lipinski definition) is 2. The smallest absolute Gasteiger partial charge is 0.422 e. The molecule has 0 bridgehead atoms. The minimum atomic E-state index is -4.46. The molecule has 0 aliphatic carbocycles. The van der Waals surface area contributed by atoms with E-state index in [1.165, 1.54) is 0 Å². The van der Waals surface area contributed by atoms with Crippen LogP contribution in [0.2, 0.25) is 0 Å². The van der Waals surface area contributed by atoms with Crippen molar-refractivity contribution in [3.8, 4) is 0 Å². The topological polar surface area (TPSA) is 38.3 Å². The van der Waals surface area contributed by atoms with Crippen molar-refractivity contribution >= 4 is 6.09 Å². The van der Waals surface area contributed by atoms with Crippen LogP contribution in [0.4, 0.5) is 18.0 Å². The number of halogens is 3. The number of unbranched alkanes of at least 4 members (excludes halogenated alkanes) is 3. The molecule has 0 heterocycles. The van der Waals surface area contributed by atoms with E-state index >= 15 is 0 Å². The number of amides is 1. The second-order valence-corrected chi connectivity index (χ2v) is 3.18. The molecular weight excluding hydrogens is 211 g/mol. The van der Waals surface area contributed by atoms with Gasteiger partial charge in [0.15, 0.2) is 6.61 Å². The highest BCUT2D eigenvalue weighted by atomic mass is 19.4. The molecule has 0 unspecified atom stereocenters. The van der Waals surface area contributed by atoms with E-state index in [0.29, 0.717) is 6.54 Å². The summed E-state index contributed by atoms with van der Waals surface area (Å²) in [5, 5.41) is 2.25. The fourth-order valence-electron chi connectivity index (χ4n) is 0.941. The Morgan fingerprint density at radius 2 is 1.93 bits per heavy atom. The zero-order valence-electron chi connectivity index (χ0n) is 8.69. The summed E-state index contributed by atoms with van der Waals surface area (Å²) in [6, 6.07) is 0. The lowest BCUT2D eigenvalue weighted by atomic mass is 10.2. The van der Waals surface area contributed by atoms with Crippen LogP contribution in [0.25, 0.3) is 0 Å². The highest BCUT2D eigenvalue weighted by molar-refractivity contribution is 5.67. The predicted octanol–water partition coefficient (Wildman–Crippen LogP) is 2.86. The van der Waals surface area contributed by atoms with Crippen LogP contribution in [0.1, 0.15) is 32.6 Å². The van der Waals surface area contributed by atoms with Crippen molar-refractivity contribution in [2.45, 2.75) is 38.8 Å². The van der Waals surface area contributed by atoms with Crippen molar-refractivity contribution in [3.05, 3.63) is 0 Å². The molecule has 0 atom stereocenters. The van der Waals surface area contributed by atoms with E-state index in [-0.39, 0.29) is 0 Å². The molecule has 0 radical (unpaired) electrons. The van der Waals surface area contributed by atoms with Gasteiger partial charge in [0.05, 0.1) is 0 Å². The van der Waals surface area contributed by atoms with Gasteiger partial charge in [-0.15, -0.1) is 0 Å². The SMILES string of the molecule is CCCCCCNC(=O)OCC(F)(F)F. The van der Waals surface area contributed by atoms with Gasteiger partial charge in [-0.05, 0) is 6.42 Å². The summed E-state index contributed by atoms with van der Waals surface area (Å²) in [6.07, 6.45) is -1.63. The molecule has 0 rings (SSSR count). The average molecular weight is 227 g/mol. The first kappa shape index (κ1) is 14.1. The molecule has 1 N–H and O–H groups in total. The lowest BCUT2D eigenvalue weighted by molar-refractivity contribution is -0.160. The molecule has 3 nitrogen and oxygen atoms in total. The number of alkyl halides is 3. The van der Waals surface area contributed by atoms with Gasteiger partial charge in [-0.25, -0.2) is 4.79 Å². The van der Waals surface area contributed by atoms with Crippen molar-refractivity contribution < 1.29 is 22.7 Å². The predicted molar refractivity (Wildman–Crippen MR) is 49.5 cm³/mol. The lowest BCUT2D eigenvalue weighted by Gasteiger charge is -2.08. The fourth-order valence-corrected chi connectivity index (χ4v) is 0.941. The molecular formula is C9H16F3NO2. The molecule has 0 aliphatic heterocycles. The maximum Gasteiger partial charge on any atom is 0.422 e. The summed E-state index contributed by atoms with van der Waals surface area (Å²) in [4.78, 5) is 10.7. The summed E-state index contributed by atoms with van der Waals surface area (Å²) >= 11 is 0. The second kappa shape index (κ2) is 7.36. The zero-order valence-corrected chi connectivity index (χ0v) is 8.69. The van der Waals surface area contributed by atoms with E-state index in [0.717, 1.165) is 25.7 Å². The first-order valence-corrected chi connectivity index (χ1v) is 4.93. The van der Waals surface area contributed by atoms with Gasteiger partial charge in [0.2, 0.25) is 0 Å². The number of nitrogens with one attached hydrogen (secondary N) is 1. The Balaban J connectivity index is 3.34. The number of rotatable bonds is 6. The Kier molecular flexibility index (Phi) is 6.90. The third-order valence-corrected chi connectivity index (χ3v) is 1.67. The highest BCUT2D eigenvalue weighted by Gasteiger charge is 2.29. The first-order valence-electron chi connectivity index (χ1n) is 4.93. The molecule has 0 fully saturated rings. The molecule has 0 aromatic rings. The largest absolute Gasteiger partial charge is 0.440 e. The minimum absolute atomic E-state index is 0.358. The van der Waals surface area contributed by atoms with Crippen molar-refractivity contribution in [2.24, 2.45) is 0 Å². The molecule has 0 aliphatic rings. The molecule has 0 saturated heterocycles. The molecule has 0 saturated carbocycles. The average Bonchev–Trinajstić information content (AvgIpc) is 2.13. The summed E-state index contributed by atoms with van der Waals surface area (Å²) in [6.45, 7) is 0.871. The maximum atomic E-state index is 11.6. The van der Waals surface area contributed by atoms with Crippen molar-refractivity contribution in [1.29, 1.82) is 0 Å². The summed E-state index contributed by atoms with van der Waals surface area (Å²) in [7, 11) is 0. The zero-order chi connectivity index (χ0) is 11.7. The van der Waals surface area contributed by atoms with E-state index in [4.69, 9.17) is 0 Å². The van der Waals surface area contributed by atoms with E-state index in [9.17, 15) is 18.0 Å². The monoisotopic (exact) mass is 227 g/mol. The summed E-state index contributed by atoms with van der Waals surface area (Å²) in [5.41, 5.74) is 0. The number of carbonyl (C=O) groups is 1. The van der Waals surface area contributed by atoms with E-state index < -0.39 is 18.9 Å². The van der Waals surface area contributed by atoms with Gasteiger partial charge in [-0.3, -0.25) is 0 Å². The van der Waals surface area contributed by atoms with Crippen LogP contribution in [0.5, 0.6) is 0 Å². The number of carbonyl (C=O) groups excluding carboxylic acids is 1. The fraction of sp³-hybridized carbons (Fsp3) is 0.889. The van der Waals surface area contributed by atoms with Crippen LogP contribution >= 0.6 is 0 Å². The summed E-state index contributed by atoms with van der Waals surface area (Å²) < 4.78 is 38.7. The minimum Gasteiger partial charge on any atom is -0.440 e. The molecule has 1 amide bonds. The highest BCUT2D eigenvalue weighted by Crippen LogP contribution is 2.14. The van der Waals surface area contributed by atoms with Crippen molar-refractivity contribution in [1.82, 2.24) is 5.32 Å². The Bertz CT molecular complexity index is 183. The molecule has 0 aromatic carbocycles. The van der Waals surface area contributed by atoms with Crippen LogP contribution in [0.15, 0.2) is 0 Å². The molecule has 15 heavy (non-hydrogen) atoms. The van der Waals surface area contributed by atoms with E-state index in [1.54, 1.807) is 0 Å². The van der Waals surface area contributed by atoms with Gasteiger partial charge >= 0.3 is 12.3 Å². The standard InChI is InChI=1S/C9H16F3NO2/c1-2-3-4-5-6-13-8(14)15-7-9(10,11)12/h2-7H2,1H3,(H,13,14). The molecule has 0 aromatic heterocycles. The quantitative estimate of drug-likeness (QED) is 0.708. The third kappa shape index (κ3) is 11.0. The summed E-state index contributed by atoms with van der Waals surface area (Å²) in [5.74, 6) is 0. The second-order valence-electron chi connectivity index (χ2n) is 3.18. The van der Waals surface area contributed by atoms with E-state index in [2.05, 4.69) is 10.1 Å². The maximum absolute atomic E-state index is 11.6. The van der Waals surface area contributed by atoms with Crippen LogP contribution < -0.4 is 5.32 Å². The van der Waals surface area contributed by atoms with Gasteiger partial charge in [0.1, 0.15) is 0 Å².